The van der Waals surface area contributed by atoms with Gasteiger partial charge in [-0.1, -0.05) is 23.9 Å². The number of carbonyl (C=O) groups is 2. The van der Waals surface area contributed by atoms with Gasteiger partial charge in [-0.3, -0.25) is 19.0 Å². The molecule has 3 aromatic rings. The molecule has 0 aliphatic heterocycles. The Morgan fingerprint density at radius 1 is 1.17 bits per heavy atom. The second kappa shape index (κ2) is 9.00. The van der Waals surface area contributed by atoms with Gasteiger partial charge in [0.1, 0.15) is 5.82 Å². The summed E-state index contributed by atoms with van der Waals surface area (Å²) in [5.74, 6) is -1.08. The zero-order chi connectivity index (χ0) is 21.0. The van der Waals surface area contributed by atoms with Gasteiger partial charge in [0.25, 0.3) is 5.56 Å². The summed E-state index contributed by atoms with van der Waals surface area (Å²) in [4.78, 5) is 41.7. The monoisotopic (exact) mass is 414 g/mol. The molecule has 0 amide bonds. The zero-order valence-corrected chi connectivity index (χ0v) is 16.7. The normalized spacial score (nSPS) is 12.0. The summed E-state index contributed by atoms with van der Waals surface area (Å²) in [7, 11) is 1.28. The Hall–Kier alpha value is -3.00. The molecule has 29 heavy (non-hydrogen) atoms. The smallest absolute Gasteiger partial charge is 0.307 e. The second-order valence-electron chi connectivity index (χ2n) is 6.33. The van der Waals surface area contributed by atoms with Crippen molar-refractivity contribution in [2.24, 2.45) is 0 Å². The number of para-hydroxylation sites is 1. The molecular formula is C21H19FN2O4S. The Morgan fingerprint density at radius 3 is 2.55 bits per heavy atom. The van der Waals surface area contributed by atoms with Gasteiger partial charge >= 0.3 is 5.97 Å². The van der Waals surface area contributed by atoms with E-state index in [0.717, 1.165) is 11.8 Å². The highest BCUT2D eigenvalue weighted by atomic mass is 32.2. The minimum absolute atomic E-state index is 0.00424. The first-order valence-electron chi connectivity index (χ1n) is 8.93. The summed E-state index contributed by atoms with van der Waals surface area (Å²) in [5, 5.41) is 0.192. The van der Waals surface area contributed by atoms with Crippen LogP contribution in [0.5, 0.6) is 0 Å². The van der Waals surface area contributed by atoms with E-state index in [1.54, 1.807) is 31.2 Å². The first-order valence-corrected chi connectivity index (χ1v) is 9.81. The van der Waals surface area contributed by atoms with Gasteiger partial charge in [0.05, 0.1) is 29.7 Å². The lowest BCUT2D eigenvalue weighted by atomic mass is 10.1. The molecule has 150 valence electrons. The molecule has 0 fully saturated rings. The van der Waals surface area contributed by atoms with E-state index in [9.17, 15) is 18.8 Å². The predicted molar refractivity (Wildman–Crippen MR) is 109 cm³/mol. The van der Waals surface area contributed by atoms with E-state index in [1.165, 1.54) is 35.9 Å². The fraction of sp³-hybridized carbons (Fsp3) is 0.238. The number of thioether (sulfide) groups is 1. The van der Waals surface area contributed by atoms with Crippen LogP contribution in [-0.2, 0) is 16.1 Å². The van der Waals surface area contributed by atoms with Gasteiger partial charge < -0.3 is 4.74 Å². The molecule has 0 saturated carbocycles. The number of carbonyl (C=O) groups excluding carboxylic acids is 2. The molecule has 0 radical (unpaired) electrons. The Morgan fingerprint density at radius 2 is 1.86 bits per heavy atom. The number of rotatable bonds is 7. The minimum atomic E-state index is -0.571. The van der Waals surface area contributed by atoms with Crippen LogP contribution in [0.3, 0.4) is 0 Å². The average molecular weight is 414 g/mol. The topological polar surface area (TPSA) is 78.3 Å². The quantitative estimate of drug-likeness (QED) is 0.255. The average Bonchev–Trinajstić information content (AvgIpc) is 2.73. The van der Waals surface area contributed by atoms with Gasteiger partial charge in [-0.2, -0.15) is 0 Å². The van der Waals surface area contributed by atoms with Gasteiger partial charge in [0.2, 0.25) is 0 Å². The van der Waals surface area contributed by atoms with Gasteiger partial charge in [-0.15, -0.1) is 0 Å². The summed E-state index contributed by atoms with van der Waals surface area (Å²) in [6, 6.07) is 12.2. The van der Waals surface area contributed by atoms with Crippen LogP contribution in [0.4, 0.5) is 4.39 Å². The molecule has 8 heteroatoms. The van der Waals surface area contributed by atoms with Crippen molar-refractivity contribution < 1.29 is 18.7 Å². The Kier molecular flexibility index (Phi) is 6.43. The SMILES string of the molecule is COC(=O)CCn1c(S[C@@H](C)C(=O)c2ccc(F)cc2)nc2ccccc2c1=O. The fourth-order valence-corrected chi connectivity index (χ4v) is 3.81. The van der Waals surface area contributed by atoms with Crippen molar-refractivity contribution in [3.8, 4) is 0 Å². The van der Waals surface area contributed by atoms with Crippen molar-refractivity contribution in [3.05, 3.63) is 70.3 Å². The van der Waals surface area contributed by atoms with Gasteiger partial charge in [-0.25, -0.2) is 9.37 Å². The largest absolute Gasteiger partial charge is 0.469 e. The van der Waals surface area contributed by atoms with E-state index in [4.69, 9.17) is 0 Å². The number of Topliss-reactive ketones (excluding diaryl/α,β-unsaturated/α-hetero) is 1. The molecule has 1 atom stereocenters. The number of benzene rings is 2. The number of nitrogens with zero attached hydrogens (tertiary/aromatic N) is 2. The van der Waals surface area contributed by atoms with Gasteiger partial charge in [0.15, 0.2) is 10.9 Å². The molecule has 6 nitrogen and oxygen atoms in total. The molecule has 3 rings (SSSR count). The number of methoxy groups -OCH3 is 1. The fourth-order valence-electron chi connectivity index (χ4n) is 2.80. The number of ketones is 1. The molecular weight excluding hydrogens is 395 g/mol. The maximum Gasteiger partial charge on any atom is 0.307 e. The molecule has 0 aliphatic rings. The van der Waals surface area contributed by atoms with Crippen molar-refractivity contribution in [2.45, 2.75) is 30.3 Å². The molecule has 0 bridgehead atoms. The molecule has 0 N–H and O–H groups in total. The third-order valence-corrected chi connectivity index (χ3v) is 5.46. The number of aromatic nitrogens is 2. The van der Waals surface area contributed by atoms with Crippen LogP contribution >= 0.6 is 11.8 Å². The highest BCUT2D eigenvalue weighted by Gasteiger charge is 2.21. The highest BCUT2D eigenvalue weighted by Crippen LogP contribution is 2.25. The molecule has 1 aromatic heterocycles. The number of ether oxygens (including phenoxy) is 1. The van der Waals surface area contributed by atoms with E-state index in [2.05, 4.69) is 9.72 Å². The molecule has 2 aromatic carbocycles. The summed E-state index contributed by atoms with van der Waals surface area (Å²) < 4.78 is 19.2. The summed E-state index contributed by atoms with van der Waals surface area (Å²) in [5.41, 5.74) is 0.592. The van der Waals surface area contributed by atoms with E-state index in [-0.39, 0.29) is 24.3 Å². The lowest BCUT2D eigenvalue weighted by Crippen LogP contribution is -2.26. The highest BCUT2D eigenvalue weighted by molar-refractivity contribution is 8.00. The Labute approximate surface area is 170 Å². The van der Waals surface area contributed by atoms with E-state index >= 15 is 0 Å². The molecule has 0 spiro atoms. The molecule has 0 saturated heterocycles. The Bertz CT molecular complexity index is 1110. The van der Waals surface area contributed by atoms with Crippen LogP contribution in [0.2, 0.25) is 0 Å². The lowest BCUT2D eigenvalue weighted by Gasteiger charge is -2.15. The van der Waals surface area contributed by atoms with Crippen LogP contribution < -0.4 is 5.56 Å². The molecule has 0 unspecified atom stereocenters. The van der Waals surface area contributed by atoms with Crippen LogP contribution in [0, 0.1) is 5.82 Å². The van der Waals surface area contributed by atoms with Crippen molar-refractivity contribution in [1.29, 1.82) is 0 Å². The van der Waals surface area contributed by atoms with Gasteiger partial charge in [-0.05, 0) is 43.3 Å². The molecule has 0 aliphatic carbocycles. The van der Waals surface area contributed by atoms with Crippen molar-refractivity contribution in [3.63, 3.8) is 0 Å². The predicted octanol–water partition coefficient (Wildman–Crippen LogP) is 3.46. The summed E-state index contributed by atoms with van der Waals surface area (Å²) in [6.07, 6.45) is 0.00424. The summed E-state index contributed by atoms with van der Waals surface area (Å²) in [6.45, 7) is 1.78. The lowest BCUT2D eigenvalue weighted by molar-refractivity contribution is -0.140. The standard InChI is InChI=1S/C21H19FN2O4S/c1-13(19(26)14-7-9-15(22)10-8-14)29-21-23-17-6-4-3-5-16(17)20(27)24(21)12-11-18(25)28-2/h3-10,13H,11-12H2,1-2H3/t13-/m0/s1. The zero-order valence-electron chi connectivity index (χ0n) is 15.9. The van der Waals surface area contributed by atoms with E-state index < -0.39 is 17.0 Å². The van der Waals surface area contributed by atoms with Crippen LogP contribution in [0.1, 0.15) is 23.7 Å². The van der Waals surface area contributed by atoms with Crippen LogP contribution in [0.15, 0.2) is 58.5 Å². The van der Waals surface area contributed by atoms with Crippen molar-refractivity contribution in [2.75, 3.05) is 7.11 Å². The number of esters is 1. The van der Waals surface area contributed by atoms with E-state index in [0.29, 0.717) is 21.6 Å². The number of halogens is 1. The van der Waals surface area contributed by atoms with Crippen molar-refractivity contribution in [1.82, 2.24) is 9.55 Å². The molecule has 1 heterocycles. The number of fused-ring (bicyclic) bond motifs is 1. The third kappa shape index (κ3) is 4.71. The Balaban J connectivity index is 1.95. The second-order valence-corrected chi connectivity index (χ2v) is 7.63. The number of hydrogen-bond acceptors (Lipinski definition) is 6. The van der Waals surface area contributed by atoms with Crippen LogP contribution in [0.25, 0.3) is 10.9 Å². The minimum Gasteiger partial charge on any atom is -0.469 e. The van der Waals surface area contributed by atoms with Crippen molar-refractivity contribution >= 4 is 34.4 Å². The first kappa shape index (κ1) is 20.7. The maximum absolute atomic E-state index is 13.1. The van der Waals surface area contributed by atoms with Crippen LogP contribution in [-0.4, -0.2) is 33.7 Å². The maximum atomic E-state index is 13.1. The van der Waals surface area contributed by atoms with E-state index in [1.807, 2.05) is 0 Å². The number of hydrogen-bond donors (Lipinski definition) is 0. The summed E-state index contributed by atoms with van der Waals surface area (Å²) >= 11 is 1.12. The van der Waals surface area contributed by atoms with Gasteiger partial charge in [0, 0.05) is 12.1 Å². The third-order valence-electron chi connectivity index (χ3n) is 4.37. The first-order chi connectivity index (χ1) is 13.9.